The number of hydrogen-bond donors (Lipinski definition) is 1. The molecule has 0 aliphatic rings. The van der Waals surface area contributed by atoms with Crippen LogP contribution in [-0.2, 0) is 0 Å². The van der Waals surface area contributed by atoms with Crippen LogP contribution in [0, 0.1) is 11.3 Å². The first kappa shape index (κ1) is 12.2. The lowest BCUT2D eigenvalue weighted by Crippen LogP contribution is -2.12. The topological polar surface area (TPSA) is 61.6 Å². The van der Waals surface area contributed by atoms with Gasteiger partial charge in [-0.15, -0.1) is 5.10 Å². The van der Waals surface area contributed by atoms with E-state index in [1.54, 1.807) is 0 Å². The molecule has 0 fully saturated rings. The number of aromatic nitrogens is 2. The predicted octanol–water partition coefficient (Wildman–Crippen LogP) is 2.10. The zero-order chi connectivity index (χ0) is 12.0. The number of halogens is 3. The van der Waals surface area contributed by atoms with E-state index in [0.717, 1.165) is 0 Å². The van der Waals surface area contributed by atoms with Gasteiger partial charge in [0.2, 0.25) is 0 Å². The van der Waals surface area contributed by atoms with Gasteiger partial charge in [0.15, 0.2) is 5.82 Å². The van der Waals surface area contributed by atoms with Crippen molar-refractivity contribution in [3.63, 3.8) is 0 Å². The fourth-order valence-corrected chi connectivity index (χ4v) is 1.05. The van der Waals surface area contributed by atoms with E-state index in [1.165, 1.54) is 12.3 Å². The summed E-state index contributed by atoms with van der Waals surface area (Å²) in [5, 5.41) is 18.5. The highest BCUT2D eigenvalue weighted by atomic mass is 19.4. The van der Waals surface area contributed by atoms with Crippen LogP contribution in [0.15, 0.2) is 12.3 Å². The zero-order valence-electron chi connectivity index (χ0n) is 8.25. The maximum atomic E-state index is 11.8. The van der Waals surface area contributed by atoms with Crippen molar-refractivity contribution in [2.24, 2.45) is 0 Å². The lowest BCUT2D eigenvalue weighted by molar-refractivity contribution is -0.134. The van der Waals surface area contributed by atoms with Crippen molar-refractivity contribution in [1.82, 2.24) is 10.2 Å². The van der Waals surface area contributed by atoms with E-state index in [4.69, 9.17) is 5.26 Å². The van der Waals surface area contributed by atoms with Crippen LogP contribution in [0.4, 0.5) is 19.0 Å². The SMILES string of the molecule is N#Cc1ccnnc1NCCCC(F)(F)F. The molecule has 0 unspecified atom stereocenters. The molecule has 86 valence electrons. The normalized spacial score (nSPS) is 10.9. The Morgan fingerprint density at radius 1 is 1.44 bits per heavy atom. The lowest BCUT2D eigenvalue weighted by atomic mass is 10.3. The monoisotopic (exact) mass is 230 g/mol. The van der Waals surface area contributed by atoms with E-state index in [9.17, 15) is 13.2 Å². The standard InChI is InChI=1S/C9H9F3N4/c10-9(11,12)3-1-4-14-8-7(6-13)2-5-15-16-8/h2,5H,1,3-4H2,(H,14,16). The molecule has 0 aliphatic carbocycles. The fraction of sp³-hybridized carbons (Fsp3) is 0.444. The molecule has 1 aromatic rings. The van der Waals surface area contributed by atoms with Crippen molar-refractivity contribution in [1.29, 1.82) is 5.26 Å². The highest BCUT2D eigenvalue weighted by Crippen LogP contribution is 2.21. The average Bonchev–Trinajstić information content (AvgIpc) is 2.23. The molecule has 1 heterocycles. The summed E-state index contributed by atoms with van der Waals surface area (Å²) >= 11 is 0. The van der Waals surface area contributed by atoms with Crippen molar-refractivity contribution >= 4 is 5.82 Å². The molecule has 1 N–H and O–H groups in total. The Balaban J connectivity index is 2.41. The van der Waals surface area contributed by atoms with Gasteiger partial charge in [-0.3, -0.25) is 0 Å². The molecule has 0 aromatic carbocycles. The maximum Gasteiger partial charge on any atom is 0.389 e. The molecule has 0 amide bonds. The quantitative estimate of drug-likeness (QED) is 0.804. The van der Waals surface area contributed by atoms with E-state index in [-0.39, 0.29) is 24.3 Å². The van der Waals surface area contributed by atoms with Crippen LogP contribution in [0.25, 0.3) is 0 Å². The van der Waals surface area contributed by atoms with Crippen molar-refractivity contribution in [3.05, 3.63) is 17.8 Å². The summed E-state index contributed by atoms with van der Waals surface area (Å²) in [6.07, 6.45) is -3.73. The Bertz CT molecular complexity index is 383. The van der Waals surface area contributed by atoms with E-state index in [2.05, 4.69) is 15.5 Å². The number of rotatable bonds is 4. The number of nitrogens with one attached hydrogen (secondary N) is 1. The summed E-state index contributed by atoms with van der Waals surface area (Å²) in [7, 11) is 0. The highest BCUT2D eigenvalue weighted by molar-refractivity contribution is 5.49. The highest BCUT2D eigenvalue weighted by Gasteiger charge is 2.25. The third kappa shape index (κ3) is 4.13. The molecule has 4 nitrogen and oxygen atoms in total. The molecule has 1 aromatic heterocycles. The summed E-state index contributed by atoms with van der Waals surface area (Å²) in [6, 6.07) is 3.31. The Labute approximate surface area is 90.1 Å². The number of alkyl halides is 3. The van der Waals surface area contributed by atoms with Gasteiger partial charge in [-0.1, -0.05) is 0 Å². The van der Waals surface area contributed by atoms with Gasteiger partial charge in [0.05, 0.1) is 11.8 Å². The second kappa shape index (κ2) is 5.30. The number of nitrogens with zero attached hydrogens (tertiary/aromatic N) is 3. The first-order valence-electron chi connectivity index (χ1n) is 4.55. The second-order valence-electron chi connectivity index (χ2n) is 3.05. The third-order valence-corrected chi connectivity index (χ3v) is 1.77. The van der Waals surface area contributed by atoms with Crippen molar-refractivity contribution in [2.45, 2.75) is 19.0 Å². The summed E-state index contributed by atoms with van der Waals surface area (Å²) in [6.45, 7) is 0.104. The van der Waals surface area contributed by atoms with Gasteiger partial charge in [-0.2, -0.15) is 23.5 Å². The second-order valence-corrected chi connectivity index (χ2v) is 3.05. The molecule has 7 heteroatoms. The van der Waals surface area contributed by atoms with Crippen LogP contribution >= 0.6 is 0 Å². The number of nitriles is 1. The minimum absolute atomic E-state index is 0.0645. The summed E-state index contributed by atoms with van der Waals surface area (Å²) < 4.78 is 35.5. The lowest BCUT2D eigenvalue weighted by Gasteiger charge is -2.07. The van der Waals surface area contributed by atoms with Gasteiger partial charge in [0, 0.05) is 13.0 Å². The molecule has 0 aliphatic heterocycles. The van der Waals surface area contributed by atoms with E-state index in [0.29, 0.717) is 0 Å². The molecule has 16 heavy (non-hydrogen) atoms. The molecular formula is C9H9F3N4. The molecule has 0 saturated heterocycles. The van der Waals surface area contributed by atoms with Crippen LogP contribution in [0.5, 0.6) is 0 Å². The van der Waals surface area contributed by atoms with Gasteiger partial charge in [0.1, 0.15) is 6.07 Å². The minimum atomic E-state index is -4.15. The van der Waals surface area contributed by atoms with E-state index in [1.807, 2.05) is 6.07 Å². The smallest absolute Gasteiger partial charge is 0.367 e. The number of hydrogen-bond acceptors (Lipinski definition) is 4. The van der Waals surface area contributed by atoms with Crippen LogP contribution in [0.3, 0.4) is 0 Å². The average molecular weight is 230 g/mol. The minimum Gasteiger partial charge on any atom is -0.367 e. The van der Waals surface area contributed by atoms with Gasteiger partial charge >= 0.3 is 6.18 Å². The zero-order valence-corrected chi connectivity index (χ0v) is 8.25. The molecule has 1 rings (SSSR count). The molecular weight excluding hydrogens is 221 g/mol. The number of anilines is 1. The van der Waals surface area contributed by atoms with Crippen LogP contribution < -0.4 is 5.32 Å². The van der Waals surface area contributed by atoms with Gasteiger partial charge < -0.3 is 5.32 Å². The van der Waals surface area contributed by atoms with Crippen molar-refractivity contribution in [3.8, 4) is 6.07 Å². The van der Waals surface area contributed by atoms with Gasteiger partial charge in [-0.05, 0) is 12.5 Å². The molecule has 0 radical (unpaired) electrons. The van der Waals surface area contributed by atoms with E-state index < -0.39 is 12.6 Å². The third-order valence-electron chi connectivity index (χ3n) is 1.77. The molecule has 0 atom stereocenters. The Kier molecular flexibility index (Phi) is 4.05. The van der Waals surface area contributed by atoms with Crippen LogP contribution in [0.2, 0.25) is 0 Å². The van der Waals surface area contributed by atoms with Gasteiger partial charge in [-0.25, -0.2) is 0 Å². The van der Waals surface area contributed by atoms with Crippen molar-refractivity contribution in [2.75, 3.05) is 11.9 Å². The van der Waals surface area contributed by atoms with Crippen LogP contribution in [-0.4, -0.2) is 22.9 Å². The predicted molar refractivity (Wildman–Crippen MR) is 50.5 cm³/mol. The molecule has 0 bridgehead atoms. The summed E-state index contributed by atoms with van der Waals surface area (Å²) in [5.41, 5.74) is 0.266. The largest absolute Gasteiger partial charge is 0.389 e. The van der Waals surface area contributed by atoms with Crippen LogP contribution in [0.1, 0.15) is 18.4 Å². The Morgan fingerprint density at radius 2 is 2.19 bits per heavy atom. The molecule has 0 spiro atoms. The fourth-order valence-electron chi connectivity index (χ4n) is 1.05. The molecule has 0 saturated carbocycles. The summed E-state index contributed by atoms with van der Waals surface area (Å²) in [5.74, 6) is 0.215. The Hall–Kier alpha value is -1.84. The first-order chi connectivity index (χ1) is 7.53. The van der Waals surface area contributed by atoms with Gasteiger partial charge in [0.25, 0.3) is 0 Å². The maximum absolute atomic E-state index is 11.8. The summed E-state index contributed by atoms with van der Waals surface area (Å²) in [4.78, 5) is 0. The van der Waals surface area contributed by atoms with E-state index >= 15 is 0 Å². The Morgan fingerprint density at radius 3 is 2.81 bits per heavy atom. The first-order valence-corrected chi connectivity index (χ1v) is 4.55. The van der Waals surface area contributed by atoms with Crippen molar-refractivity contribution < 1.29 is 13.2 Å².